The van der Waals surface area contributed by atoms with Crippen LogP contribution in [0, 0.1) is 0 Å². The lowest BCUT2D eigenvalue weighted by molar-refractivity contribution is -0.123. The monoisotopic (exact) mass is 380 g/mol. The second-order valence-electron chi connectivity index (χ2n) is 5.86. The van der Waals surface area contributed by atoms with Crippen LogP contribution in [0.2, 0.25) is 0 Å². The van der Waals surface area contributed by atoms with Crippen LogP contribution in [0.3, 0.4) is 0 Å². The Labute approximate surface area is 154 Å². The van der Waals surface area contributed by atoms with E-state index in [1.807, 2.05) is 0 Å². The Balaban J connectivity index is 0.00000132. The van der Waals surface area contributed by atoms with Crippen molar-refractivity contribution in [2.45, 2.75) is 44.6 Å². The Hall–Kier alpha value is -0.560. The lowest BCUT2D eigenvalue weighted by atomic mass is 10.0. The number of halogens is 2. The standard InChI is InChI=1S/C15H24N4OS.2ClH/c20-14(13-5-1-2-7-16-13)17-8-6-12-11-21-15(18-12)19-9-3-4-10-19;;/h11,13,16H,1-10H2,(H,17,20);2*1H/t13-;;/m1../s1. The van der Waals surface area contributed by atoms with Gasteiger partial charge in [-0.2, -0.15) is 0 Å². The molecule has 1 atom stereocenters. The summed E-state index contributed by atoms with van der Waals surface area (Å²) in [6, 6.07) is 0.00865. The molecule has 5 nitrogen and oxygen atoms in total. The summed E-state index contributed by atoms with van der Waals surface area (Å²) >= 11 is 1.72. The fourth-order valence-electron chi connectivity index (χ4n) is 2.98. The minimum absolute atomic E-state index is 0. The van der Waals surface area contributed by atoms with E-state index < -0.39 is 0 Å². The third-order valence-electron chi connectivity index (χ3n) is 4.22. The number of nitrogens with zero attached hydrogens (tertiary/aromatic N) is 2. The molecule has 0 aromatic carbocycles. The molecule has 1 amide bonds. The van der Waals surface area contributed by atoms with E-state index in [0.29, 0.717) is 6.54 Å². The second-order valence-corrected chi connectivity index (χ2v) is 6.70. The van der Waals surface area contributed by atoms with E-state index in [1.54, 1.807) is 11.3 Å². The minimum Gasteiger partial charge on any atom is -0.354 e. The number of nitrogens with one attached hydrogen (secondary N) is 2. The lowest BCUT2D eigenvalue weighted by Crippen LogP contribution is -2.47. The molecule has 3 heterocycles. The Bertz CT molecular complexity index is 474. The van der Waals surface area contributed by atoms with Crippen LogP contribution in [0.15, 0.2) is 5.38 Å². The zero-order valence-electron chi connectivity index (χ0n) is 13.3. The summed E-state index contributed by atoms with van der Waals surface area (Å²) in [6.07, 6.45) is 6.67. The molecule has 1 aromatic heterocycles. The van der Waals surface area contributed by atoms with Gasteiger partial charge in [0.2, 0.25) is 5.91 Å². The Morgan fingerprint density at radius 2 is 2.09 bits per heavy atom. The SMILES string of the molecule is Cl.Cl.O=C(NCCc1csc(N2CCCC2)n1)[C@H]1CCCCN1. The summed E-state index contributed by atoms with van der Waals surface area (Å²) in [7, 11) is 0. The number of amides is 1. The van der Waals surface area contributed by atoms with Gasteiger partial charge in [-0.1, -0.05) is 6.42 Å². The first-order valence-electron chi connectivity index (χ1n) is 8.03. The zero-order chi connectivity index (χ0) is 14.5. The topological polar surface area (TPSA) is 57.3 Å². The van der Waals surface area contributed by atoms with E-state index in [9.17, 15) is 4.79 Å². The summed E-state index contributed by atoms with van der Waals surface area (Å²) in [5.74, 6) is 0.143. The summed E-state index contributed by atoms with van der Waals surface area (Å²) in [4.78, 5) is 19.0. The van der Waals surface area contributed by atoms with Gasteiger partial charge < -0.3 is 15.5 Å². The number of hydrogen-bond donors (Lipinski definition) is 2. The second kappa shape index (κ2) is 10.3. The number of carbonyl (C=O) groups excluding carboxylic acids is 1. The molecule has 3 rings (SSSR count). The van der Waals surface area contributed by atoms with Gasteiger partial charge in [-0.25, -0.2) is 4.98 Å². The Morgan fingerprint density at radius 1 is 1.30 bits per heavy atom. The molecular weight excluding hydrogens is 355 g/mol. The van der Waals surface area contributed by atoms with Crippen molar-refractivity contribution in [2.24, 2.45) is 0 Å². The van der Waals surface area contributed by atoms with Gasteiger partial charge in [0.1, 0.15) is 0 Å². The number of thiazole rings is 1. The number of aromatic nitrogens is 1. The van der Waals surface area contributed by atoms with Crippen molar-refractivity contribution in [1.29, 1.82) is 0 Å². The smallest absolute Gasteiger partial charge is 0.237 e. The Morgan fingerprint density at radius 3 is 2.78 bits per heavy atom. The van der Waals surface area contributed by atoms with E-state index >= 15 is 0 Å². The molecule has 0 aliphatic carbocycles. The van der Waals surface area contributed by atoms with Crippen LogP contribution in [0.5, 0.6) is 0 Å². The molecule has 0 unspecified atom stereocenters. The molecular formula is C15H26Cl2N4OS. The molecule has 2 N–H and O–H groups in total. The van der Waals surface area contributed by atoms with Crippen molar-refractivity contribution in [3.8, 4) is 0 Å². The summed E-state index contributed by atoms with van der Waals surface area (Å²) in [5, 5.41) is 9.57. The molecule has 2 aliphatic rings. The van der Waals surface area contributed by atoms with E-state index in [4.69, 9.17) is 0 Å². The minimum atomic E-state index is 0. The van der Waals surface area contributed by atoms with Gasteiger partial charge in [-0.05, 0) is 32.2 Å². The first kappa shape index (κ1) is 20.5. The molecule has 0 radical (unpaired) electrons. The van der Waals surface area contributed by atoms with Crippen LogP contribution in [-0.2, 0) is 11.2 Å². The number of hydrogen-bond acceptors (Lipinski definition) is 5. The molecule has 1 aromatic rings. The van der Waals surface area contributed by atoms with Crippen LogP contribution >= 0.6 is 36.2 Å². The molecule has 0 spiro atoms. The first-order chi connectivity index (χ1) is 10.3. The molecule has 8 heteroatoms. The van der Waals surface area contributed by atoms with Gasteiger partial charge >= 0.3 is 0 Å². The molecule has 0 saturated carbocycles. The maximum absolute atomic E-state index is 12.0. The van der Waals surface area contributed by atoms with Crippen LogP contribution in [-0.4, -0.2) is 43.1 Å². The van der Waals surface area contributed by atoms with Crippen molar-refractivity contribution >= 4 is 47.2 Å². The quantitative estimate of drug-likeness (QED) is 0.823. The highest BCUT2D eigenvalue weighted by Gasteiger charge is 2.20. The Kier molecular flexibility index (Phi) is 9.20. The molecule has 2 saturated heterocycles. The largest absolute Gasteiger partial charge is 0.354 e. The summed E-state index contributed by atoms with van der Waals surface area (Å²) in [6.45, 7) is 3.91. The number of piperidine rings is 1. The molecule has 132 valence electrons. The predicted molar refractivity (Wildman–Crippen MR) is 100 cm³/mol. The van der Waals surface area contributed by atoms with Crippen molar-refractivity contribution in [3.63, 3.8) is 0 Å². The highest BCUT2D eigenvalue weighted by molar-refractivity contribution is 7.13. The predicted octanol–water partition coefficient (Wildman–Crippen LogP) is 2.39. The normalized spacial score (nSPS) is 20.5. The van der Waals surface area contributed by atoms with Crippen LogP contribution in [0.25, 0.3) is 0 Å². The molecule has 23 heavy (non-hydrogen) atoms. The van der Waals surface area contributed by atoms with E-state index in [-0.39, 0.29) is 36.8 Å². The highest BCUT2D eigenvalue weighted by atomic mass is 35.5. The van der Waals surface area contributed by atoms with Crippen molar-refractivity contribution in [3.05, 3.63) is 11.1 Å². The maximum Gasteiger partial charge on any atom is 0.237 e. The van der Waals surface area contributed by atoms with Crippen molar-refractivity contribution < 1.29 is 4.79 Å². The van der Waals surface area contributed by atoms with Gasteiger partial charge in [0.15, 0.2) is 5.13 Å². The van der Waals surface area contributed by atoms with Gasteiger partial charge in [0.05, 0.1) is 11.7 Å². The number of rotatable bonds is 5. The average molecular weight is 381 g/mol. The van der Waals surface area contributed by atoms with Gasteiger partial charge in [0, 0.05) is 31.4 Å². The van der Waals surface area contributed by atoms with Crippen molar-refractivity contribution in [2.75, 3.05) is 31.1 Å². The molecule has 0 bridgehead atoms. The average Bonchev–Trinajstić information content (AvgIpc) is 3.19. The lowest BCUT2D eigenvalue weighted by Gasteiger charge is -2.22. The third kappa shape index (κ3) is 5.78. The molecule has 2 aliphatic heterocycles. The maximum atomic E-state index is 12.0. The van der Waals surface area contributed by atoms with Gasteiger partial charge in [0.25, 0.3) is 0 Å². The van der Waals surface area contributed by atoms with Crippen LogP contribution < -0.4 is 15.5 Å². The third-order valence-corrected chi connectivity index (χ3v) is 5.17. The fraction of sp³-hybridized carbons (Fsp3) is 0.733. The zero-order valence-corrected chi connectivity index (χ0v) is 15.7. The highest BCUT2D eigenvalue weighted by Crippen LogP contribution is 2.24. The van der Waals surface area contributed by atoms with E-state index in [2.05, 4.69) is 25.9 Å². The van der Waals surface area contributed by atoms with Crippen LogP contribution in [0.1, 0.15) is 37.8 Å². The van der Waals surface area contributed by atoms with Crippen molar-refractivity contribution in [1.82, 2.24) is 15.6 Å². The van der Waals surface area contributed by atoms with Gasteiger partial charge in [-0.3, -0.25) is 4.79 Å². The number of anilines is 1. The number of carbonyl (C=O) groups is 1. The van der Waals surface area contributed by atoms with Crippen LogP contribution in [0.4, 0.5) is 5.13 Å². The summed E-state index contributed by atoms with van der Waals surface area (Å²) < 4.78 is 0. The molecule has 2 fully saturated rings. The fourth-order valence-corrected chi connectivity index (χ4v) is 3.89. The summed E-state index contributed by atoms with van der Waals surface area (Å²) in [5.41, 5.74) is 1.10. The van der Waals surface area contributed by atoms with Gasteiger partial charge in [-0.15, -0.1) is 36.2 Å². The van der Waals surface area contributed by atoms with E-state index in [0.717, 1.165) is 49.7 Å². The van der Waals surface area contributed by atoms with E-state index in [1.165, 1.54) is 19.3 Å². The first-order valence-corrected chi connectivity index (χ1v) is 8.91.